The summed E-state index contributed by atoms with van der Waals surface area (Å²) in [5.41, 5.74) is 0. The van der Waals surface area contributed by atoms with Crippen molar-refractivity contribution in [2.75, 3.05) is 0 Å². The summed E-state index contributed by atoms with van der Waals surface area (Å²) < 4.78 is 0. The van der Waals surface area contributed by atoms with Crippen molar-refractivity contribution >= 4 is 5.78 Å². The van der Waals surface area contributed by atoms with Gasteiger partial charge in [-0.2, -0.15) is 0 Å². The average molecular weight is 264 g/mol. The maximum absolute atomic E-state index is 10.8. The molecule has 1 heteroatoms. The number of carbonyl (C=O) groups is 1. The van der Waals surface area contributed by atoms with Gasteiger partial charge in [0.25, 0.3) is 0 Å². The van der Waals surface area contributed by atoms with Crippen LogP contribution in [0.15, 0.2) is 0 Å². The molecule has 0 aliphatic heterocycles. The van der Waals surface area contributed by atoms with Crippen LogP contribution in [0.25, 0.3) is 0 Å². The second kappa shape index (κ2) is 15.3. The van der Waals surface area contributed by atoms with E-state index in [1.165, 1.54) is 70.6 Å². The molecule has 0 aromatic carbocycles. The van der Waals surface area contributed by atoms with Crippen molar-refractivity contribution in [2.24, 2.45) is 0 Å². The van der Waals surface area contributed by atoms with E-state index in [0.717, 1.165) is 19.3 Å². The number of unbranched alkanes of at least 4 members (excludes halogenated alkanes) is 12. The van der Waals surface area contributed by atoms with E-state index in [1.807, 2.05) is 0 Å². The number of hydrogen-bond acceptors (Lipinski definition) is 1. The van der Waals surface area contributed by atoms with Crippen LogP contribution in [0.3, 0.4) is 0 Å². The second-order valence-electron chi connectivity index (χ2n) is 5.65. The summed E-state index contributed by atoms with van der Waals surface area (Å²) in [5, 5.41) is 0. The van der Waals surface area contributed by atoms with Gasteiger partial charge in [0.2, 0.25) is 0 Å². The number of Topliss-reactive ketones (excluding diaryl/α,β-unsaturated/α-hetero) is 1. The van der Waals surface area contributed by atoms with Crippen LogP contribution < -0.4 is 0 Å². The Morgan fingerprint density at radius 1 is 0.737 bits per heavy atom. The van der Waals surface area contributed by atoms with Gasteiger partial charge in [-0.1, -0.05) is 64.2 Å². The van der Waals surface area contributed by atoms with Crippen molar-refractivity contribution in [2.45, 2.75) is 96.8 Å². The van der Waals surface area contributed by atoms with Gasteiger partial charge in [0.1, 0.15) is 5.78 Å². The maximum Gasteiger partial charge on any atom is 0.129 e. The molecule has 0 atom stereocenters. The highest BCUT2D eigenvalue weighted by atomic mass is 16.1. The summed E-state index contributed by atoms with van der Waals surface area (Å²) in [6.07, 6.45) is 22.7. The third kappa shape index (κ3) is 17.2. The van der Waals surface area contributed by atoms with E-state index < -0.39 is 0 Å². The molecule has 0 saturated heterocycles. The van der Waals surface area contributed by atoms with Crippen molar-refractivity contribution in [3.8, 4) is 12.3 Å². The molecule has 19 heavy (non-hydrogen) atoms. The predicted molar refractivity (Wildman–Crippen MR) is 84.2 cm³/mol. The minimum absolute atomic E-state index is 0.335. The molecule has 0 amide bonds. The average Bonchev–Trinajstić information content (AvgIpc) is 2.39. The summed E-state index contributed by atoms with van der Waals surface area (Å²) in [6.45, 7) is 1.69. The molecule has 110 valence electrons. The molecule has 0 aromatic rings. The van der Waals surface area contributed by atoms with Crippen LogP contribution in [0.2, 0.25) is 0 Å². The molecule has 0 aromatic heterocycles. The van der Waals surface area contributed by atoms with E-state index in [1.54, 1.807) is 6.92 Å². The third-order valence-corrected chi connectivity index (χ3v) is 3.60. The summed E-state index contributed by atoms with van der Waals surface area (Å²) in [4.78, 5) is 10.8. The Labute approximate surface area is 120 Å². The molecule has 0 unspecified atom stereocenters. The summed E-state index contributed by atoms with van der Waals surface area (Å²) >= 11 is 0. The standard InChI is InChI=1S/C18H32O/c1-3-4-5-6-7-8-9-10-11-12-13-14-15-16-17-18(2)19/h1H,4-17H2,2H3. The Balaban J connectivity index is 2.95. The van der Waals surface area contributed by atoms with Gasteiger partial charge in [0, 0.05) is 12.8 Å². The largest absolute Gasteiger partial charge is 0.300 e. The molecule has 0 saturated carbocycles. The molecule has 0 fully saturated rings. The molecule has 0 rings (SSSR count). The Hall–Kier alpha value is -0.770. The van der Waals surface area contributed by atoms with E-state index >= 15 is 0 Å². The Morgan fingerprint density at radius 2 is 1.11 bits per heavy atom. The molecular weight excluding hydrogens is 232 g/mol. The molecule has 0 N–H and O–H groups in total. The van der Waals surface area contributed by atoms with Gasteiger partial charge in [-0.15, -0.1) is 12.3 Å². The van der Waals surface area contributed by atoms with Crippen molar-refractivity contribution < 1.29 is 4.79 Å². The highest BCUT2D eigenvalue weighted by Gasteiger charge is 1.95. The molecule has 0 bridgehead atoms. The first kappa shape index (κ1) is 18.2. The van der Waals surface area contributed by atoms with Gasteiger partial charge in [0.15, 0.2) is 0 Å². The SMILES string of the molecule is C#CCCCCCCCCCCCCCCC(C)=O. The lowest BCUT2D eigenvalue weighted by Gasteiger charge is -2.02. The molecule has 0 radical (unpaired) electrons. The van der Waals surface area contributed by atoms with Crippen LogP contribution in [0, 0.1) is 12.3 Å². The lowest BCUT2D eigenvalue weighted by Crippen LogP contribution is -1.89. The fourth-order valence-corrected chi connectivity index (χ4v) is 2.37. The number of ketones is 1. The van der Waals surface area contributed by atoms with Gasteiger partial charge in [-0.05, 0) is 19.8 Å². The van der Waals surface area contributed by atoms with Crippen molar-refractivity contribution in [3.63, 3.8) is 0 Å². The topological polar surface area (TPSA) is 17.1 Å². The molecule has 1 nitrogen and oxygen atoms in total. The molecule has 0 spiro atoms. The van der Waals surface area contributed by atoms with E-state index in [0.29, 0.717) is 5.78 Å². The first-order chi connectivity index (χ1) is 9.27. The lowest BCUT2D eigenvalue weighted by molar-refractivity contribution is -0.117. The van der Waals surface area contributed by atoms with E-state index in [9.17, 15) is 4.79 Å². The fourth-order valence-electron chi connectivity index (χ4n) is 2.37. The van der Waals surface area contributed by atoms with Gasteiger partial charge >= 0.3 is 0 Å². The van der Waals surface area contributed by atoms with Gasteiger partial charge < -0.3 is 4.79 Å². The maximum atomic E-state index is 10.8. The number of rotatable bonds is 14. The molecule has 0 aliphatic carbocycles. The smallest absolute Gasteiger partial charge is 0.129 e. The lowest BCUT2D eigenvalue weighted by atomic mass is 10.0. The van der Waals surface area contributed by atoms with Gasteiger partial charge in [0.05, 0.1) is 0 Å². The van der Waals surface area contributed by atoms with Crippen LogP contribution in [-0.4, -0.2) is 5.78 Å². The Kier molecular flexibility index (Phi) is 14.7. The van der Waals surface area contributed by atoms with Crippen LogP contribution >= 0.6 is 0 Å². The number of carbonyl (C=O) groups excluding carboxylic acids is 1. The molecular formula is C18H32O. The molecule has 0 aliphatic rings. The summed E-state index contributed by atoms with van der Waals surface area (Å²) in [5.74, 6) is 3.03. The first-order valence-electron chi connectivity index (χ1n) is 8.20. The third-order valence-electron chi connectivity index (χ3n) is 3.60. The quantitative estimate of drug-likeness (QED) is 0.292. The van der Waals surface area contributed by atoms with Crippen LogP contribution in [-0.2, 0) is 4.79 Å². The van der Waals surface area contributed by atoms with Gasteiger partial charge in [-0.25, -0.2) is 0 Å². The first-order valence-corrected chi connectivity index (χ1v) is 8.20. The van der Waals surface area contributed by atoms with E-state index in [2.05, 4.69) is 5.92 Å². The monoisotopic (exact) mass is 264 g/mol. The van der Waals surface area contributed by atoms with E-state index in [-0.39, 0.29) is 0 Å². The Morgan fingerprint density at radius 3 is 1.47 bits per heavy atom. The number of hydrogen-bond donors (Lipinski definition) is 0. The summed E-state index contributed by atoms with van der Waals surface area (Å²) in [6, 6.07) is 0. The zero-order valence-electron chi connectivity index (χ0n) is 12.9. The minimum atomic E-state index is 0.335. The van der Waals surface area contributed by atoms with Crippen molar-refractivity contribution in [1.29, 1.82) is 0 Å². The Bertz CT molecular complexity index is 237. The van der Waals surface area contributed by atoms with Crippen LogP contribution in [0.5, 0.6) is 0 Å². The second-order valence-corrected chi connectivity index (χ2v) is 5.65. The van der Waals surface area contributed by atoms with Gasteiger partial charge in [-0.3, -0.25) is 0 Å². The van der Waals surface area contributed by atoms with Crippen molar-refractivity contribution in [3.05, 3.63) is 0 Å². The van der Waals surface area contributed by atoms with Crippen LogP contribution in [0.4, 0.5) is 0 Å². The van der Waals surface area contributed by atoms with Crippen molar-refractivity contribution in [1.82, 2.24) is 0 Å². The van der Waals surface area contributed by atoms with E-state index in [4.69, 9.17) is 6.42 Å². The highest BCUT2D eigenvalue weighted by Crippen LogP contribution is 2.12. The summed E-state index contributed by atoms with van der Waals surface area (Å²) in [7, 11) is 0. The van der Waals surface area contributed by atoms with Crippen LogP contribution in [0.1, 0.15) is 96.8 Å². The number of terminal acetylenes is 1. The molecule has 0 heterocycles. The zero-order chi connectivity index (χ0) is 14.2. The predicted octanol–water partition coefficient (Wildman–Crippen LogP) is 5.67. The zero-order valence-corrected chi connectivity index (χ0v) is 12.9. The highest BCUT2D eigenvalue weighted by molar-refractivity contribution is 5.75. The normalized spacial score (nSPS) is 10.3. The fraction of sp³-hybridized carbons (Fsp3) is 0.833. The minimum Gasteiger partial charge on any atom is -0.300 e.